The summed E-state index contributed by atoms with van der Waals surface area (Å²) in [5.74, 6) is 0.105. The van der Waals surface area contributed by atoms with E-state index in [4.69, 9.17) is 0 Å². The molecule has 1 unspecified atom stereocenters. The topological polar surface area (TPSA) is 81.6 Å². The van der Waals surface area contributed by atoms with E-state index in [2.05, 4.69) is 25.9 Å². The van der Waals surface area contributed by atoms with E-state index in [1.807, 2.05) is 6.92 Å². The van der Waals surface area contributed by atoms with Crippen molar-refractivity contribution in [3.05, 3.63) is 24.5 Å². The van der Waals surface area contributed by atoms with Crippen molar-refractivity contribution in [1.82, 2.24) is 20.5 Å². The number of hydrogen-bond donors (Lipinski definition) is 3. The summed E-state index contributed by atoms with van der Waals surface area (Å²) in [6.45, 7) is 2.09. The first-order chi connectivity index (χ1) is 12.4. The van der Waals surface area contributed by atoms with Crippen molar-refractivity contribution in [3.8, 4) is 0 Å². The van der Waals surface area contributed by atoms with Crippen LogP contribution in [0.5, 0.6) is 0 Å². The van der Waals surface area contributed by atoms with Crippen LogP contribution in [0.1, 0.15) is 13.3 Å². The van der Waals surface area contributed by atoms with Gasteiger partial charge in [-0.3, -0.25) is 14.7 Å². The molecular formula is C16H24F3IN6O. The van der Waals surface area contributed by atoms with Crippen LogP contribution in [0.15, 0.2) is 29.5 Å². The summed E-state index contributed by atoms with van der Waals surface area (Å²) in [4.78, 5) is 21.4. The Labute approximate surface area is 173 Å². The van der Waals surface area contributed by atoms with Gasteiger partial charge in [-0.05, 0) is 25.5 Å². The minimum absolute atomic E-state index is 0. The standard InChI is InChI=1S/C16H23F3N6O.HI/c1-2-21-15(22-9-14(26)23-12-4-3-6-20-8-12)24-13-5-7-25(10-13)11-16(17,18)19;/h3-4,6,8,13H,2,5,7,9-11H2,1H3,(H,23,26)(H2,21,22,24);1H. The highest BCUT2D eigenvalue weighted by atomic mass is 127. The van der Waals surface area contributed by atoms with Crippen LogP contribution in [-0.4, -0.2) is 66.7 Å². The van der Waals surface area contributed by atoms with Crippen molar-refractivity contribution < 1.29 is 18.0 Å². The van der Waals surface area contributed by atoms with Gasteiger partial charge in [-0.1, -0.05) is 0 Å². The first kappa shape index (κ1) is 23.4. The van der Waals surface area contributed by atoms with Crippen LogP contribution in [0.25, 0.3) is 0 Å². The number of aromatic nitrogens is 1. The lowest BCUT2D eigenvalue weighted by atomic mass is 10.3. The van der Waals surface area contributed by atoms with E-state index >= 15 is 0 Å². The number of nitrogens with zero attached hydrogens (tertiary/aromatic N) is 3. The molecule has 152 valence electrons. The zero-order valence-corrected chi connectivity index (χ0v) is 17.3. The number of carbonyl (C=O) groups excluding carboxylic acids is 1. The van der Waals surface area contributed by atoms with Gasteiger partial charge >= 0.3 is 6.18 Å². The molecule has 1 saturated heterocycles. The summed E-state index contributed by atoms with van der Waals surface area (Å²) in [5, 5.41) is 8.76. The van der Waals surface area contributed by atoms with E-state index in [9.17, 15) is 18.0 Å². The quantitative estimate of drug-likeness (QED) is 0.316. The summed E-state index contributed by atoms with van der Waals surface area (Å²) < 4.78 is 37.4. The minimum atomic E-state index is -4.20. The van der Waals surface area contributed by atoms with Gasteiger partial charge in [0.1, 0.15) is 6.54 Å². The highest BCUT2D eigenvalue weighted by molar-refractivity contribution is 14.0. The Bertz CT molecular complexity index is 614. The highest BCUT2D eigenvalue weighted by Crippen LogP contribution is 2.19. The van der Waals surface area contributed by atoms with Crippen LogP contribution >= 0.6 is 24.0 Å². The van der Waals surface area contributed by atoms with E-state index < -0.39 is 12.7 Å². The summed E-state index contributed by atoms with van der Waals surface area (Å²) in [7, 11) is 0. The molecule has 0 bridgehead atoms. The maximum Gasteiger partial charge on any atom is 0.401 e. The van der Waals surface area contributed by atoms with Crippen LogP contribution in [0, 0.1) is 0 Å². The molecule has 1 aromatic rings. The van der Waals surface area contributed by atoms with Gasteiger partial charge in [-0.15, -0.1) is 24.0 Å². The molecule has 1 fully saturated rings. The van der Waals surface area contributed by atoms with Crippen LogP contribution in [-0.2, 0) is 4.79 Å². The zero-order valence-electron chi connectivity index (χ0n) is 14.9. The molecule has 1 aliphatic rings. The number of carbonyl (C=O) groups is 1. The molecule has 1 aromatic heterocycles. The average Bonchev–Trinajstić information content (AvgIpc) is 2.99. The van der Waals surface area contributed by atoms with Gasteiger partial charge in [0.15, 0.2) is 5.96 Å². The number of rotatable bonds is 6. The Kier molecular flexibility index (Phi) is 9.77. The second-order valence-corrected chi connectivity index (χ2v) is 5.97. The maximum absolute atomic E-state index is 12.5. The molecule has 2 heterocycles. The molecule has 0 spiro atoms. The maximum atomic E-state index is 12.5. The summed E-state index contributed by atoms with van der Waals surface area (Å²) in [5.41, 5.74) is 0.573. The first-order valence-electron chi connectivity index (χ1n) is 8.39. The fourth-order valence-electron chi connectivity index (χ4n) is 2.65. The molecule has 0 radical (unpaired) electrons. The van der Waals surface area contributed by atoms with Crippen molar-refractivity contribution in [2.24, 2.45) is 4.99 Å². The smallest absolute Gasteiger partial charge is 0.357 e. The Morgan fingerprint density at radius 1 is 1.44 bits per heavy atom. The van der Waals surface area contributed by atoms with Crippen molar-refractivity contribution in [2.45, 2.75) is 25.6 Å². The number of halogens is 4. The fraction of sp³-hybridized carbons (Fsp3) is 0.562. The van der Waals surface area contributed by atoms with Gasteiger partial charge in [0.25, 0.3) is 0 Å². The number of nitrogens with one attached hydrogen (secondary N) is 3. The second-order valence-electron chi connectivity index (χ2n) is 5.97. The number of likely N-dealkylation sites (tertiary alicyclic amines) is 1. The minimum Gasteiger partial charge on any atom is -0.357 e. The molecule has 1 atom stereocenters. The fourth-order valence-corrected chi connectivity index (χ4v) is 2.65. The number of pyridine rings is 1. The molecule has 1 amide bonds. The lowest BCUT2D eigenvalue weighted by Gasteiger charge is -2.19. The number of anilines is 1. The average molecular weight is 500 g/mol. The summed E-state index contributed by atoms with van der Waals surface area (Å²) >= 11 is 0. The number of hydrogen-bond acceptors (Lipinski definition) is 4. The largest absolute Gasteiger partial charge is 0.401 e. The van der Waals surface area contributed by atoms with Gasteiger partial charge in [0.05, 0.1) is 18.4 Å². The van der Waals surface area contributed by atoms with Gasteiger partial charge in [-0.25, -0.2) is 4.99 Å². The molecular weight excluding hydrogens is 476 g/mol. The first-order valence-corrected chi connectivity index (χ1v) is 8.39. The monoisotopic (exact) mass is 500 g/mol. The predicted molar refractivity (Wildman–Crippen MR) is 108 cm³/mol. The molecule has 2 rings (SSSR count). The lowest BCUT2D eigenvalue weighted by molar-refractivity contribution is -0.143. The third kappa shape index (κ3) is 9.22. The number of guanidine groups is 1. The Hall–Kier alpha value is -1.63. The second kappa shape index (κ2) is 11.3. The normalized spacial score (nSPS) is 17.9. The SMILES string of the molecule is CCNC(=NCC(=O)Nc1cccnc1)NC1CCN(CC(F)(F)F)C1.I. The van der Waals surface area contributed by atoms with Crippen molar-refractivity contribution in [2.75, 3.05) is 38.0 Å². The molecule has 27 heavy (non-hydrogen) atoms. The third-order valence-corrected chi connectivity index (χ3v) is 3.69. The number of alkyl halides is 3. The molecule has 0 saturated carbocycles. The van der Waals surface area contributed by atoms with Crippen LogP contribution in [0.3, 0.4) is 0 Å². The summed E-state index contributed by atoms with van der Waals surface area (Å²) in [6.07, 6.45) is -0.482. The molecule has 3 N–H and O–H groups in total. The molecule has 11 heteroatoms. The Morgan fingerprint density at radius 2 is 2.22 bits per heavy atom. The molecule has 0 aromatic carbocycles. The lowest BCUT2D eigenvalue weighted by Crippen LogP contribution is -2.45. The zero-order chi connectivity index (χ0) is 19.0. The molecule has 0 aliphatic carbocycles. The van der Waals surface area contributed by atoms with Gasteiger partial charge in [0.2, 0.25) is 5.91 Å². The van der Waals surface area contributed by atoms with E-state index in [1.165, 1.54) is 11.1 Å². The Balaban J connectivity index is 0.00000364. The van der Waals surface area contributed by atoms with Gasteiger partial charge in [-0.2, -0.15) is 13.2 Å². The molecule has 1 aliphatic heterocycles. The highest BCUT2D eigenvalue weighted by Gasteiger charge is 2.34. The van der Waals surface area contributed by atoms with Crippen LogP contribution in [0.4, 0.5) is 18.9 Å². The van der Waals surface area contributed by atoms with E-state index in [0.717, 1.165) is 0 Å². The van der Waals surface area contributed by atoms with Crippen LogP contribution < -0.4 is 16.0 Å². The Morgan fingerprint density at radius 3 is 2.85 bits per heavy atom. The van der Waals surface area contributed by atoms with Crippen molar-refractivity contribution in [1.29, 1.82) is 0 Å². The predicted octanol–water partition coefficient (Wildman–Crippen LogP) is 1.83. The third-order valence-electron chi connectivity index (χ3n) is 3.69. The van der Waals surface area contributed by atoms with E-state index in [1.54, 1.807) is 18.3 Å². The van der Waals surface area contributed by atoms with Crippen LogP contribution in [0.2, 0.25) is 0 Å². The van der Waals surface area contributed by atoms with Gasteiger partial charge < -0.3 is 16.0 Å². The van der Waals surface area contributed by atoms with E-state index in [0.29, 0.717) is 31.2 Å². The summed E-state index contributed by atoms with van der Waals surface area (Å²) in [6, 6.07) is 3.28. The van der Waals surface area contributed by atoms with E-state index in [-0.39, 0.29) is 49.0 Å². The number of aliphatic imine (C=N–C) groups is 1. The molecule has 7 nitrogen and oxygen atoms in total. The number of amides is 1. The van der Waals surface area contributed by atoms with Crippen molar-refractivity contribution in [3.63, 3.8) is 0 Å². The van der Waals surface area contributed by atoms with Gasteiger partial charge in [0, 0.05) is 31.9 Å². The van der Waals surface area contributed by atoms with Crippen molar-refractivity contribution >= 4 is 41.5 Å².